The van der Waals surface area contributed by atoms with E-state index in [-0.39, 0.29) is 16.6 Å². The highest BCUT2D eigenvalue weighted by Gasteiger charge is 2.38. The van der Waals surface area contributed by atoms with E-state index in [0.29, 0.717) is 5.03 Å². The predicted molar refractivity (Wildman–Crippen MR) is 64.1 cm³/mol. The Morgan fingerprint density at radius 3 is 2.45 bits per heavy atom. The van der Waals surface area contributed by atoms with Crippen LogP contribution in [0.1, 0.15) is 19.7 Å². The molecular formula is C11H10F3N3O2S. The molecule has 0 saturated heterocycles. The first-order valence-corrected chi connectivity index (χ1v) is 6.78. The van der Waals surface area contributed by atoms with Gasteiger partial charge in [0.05, 0.1) is 0 Å². The van der Waals surface area contributed by atoms with Crippen molar-refractivity contribution in [1.29, 1.82) is 0 Å². The lowest BCUT2D eigenvalue weighted by molar-refractivity contribution is -0.159. The quantitative estimate of drug-likeness (QED) is 0.815. The summed E-state index contributed by atoms with van der Waals surface area (Å²) in [5.41, 5.74) is 0.258. The van der Waals surface area contributed by atoms with Crippen molar-refractivity contribution >= 4 is 11.2 Å². The average molecular weight is 305 g/mol. The monoisotopic (exact) mass is 305 g/mol. The molecule has 2 aromatic rings. The van der Waals surface area contributed by atoms with Crippen molar-refractivity contribution in [3.8, 4) is 11.4 Å². The van der Waals surface area contributed by atoms with Crippen molar-refractivity contribution in [2.75, 3.05) is 0 Å². The fourth-order valence-corrected chi connectivity index (χ4v) is 2.17. The summed E-state index contributed by atoms with van der Waals surface area (Å²) < 4.78 is 52.9. The topological polar surface area (TPSA) is 74.9 Å². The van der Waals surface area contributed by atoms with Gasteiger partial charge in [-0.05, 0) is 19.9 Å². The van der Waals surface area contributed by atoms with Crippen molar-refractivity contribution in [1.82, 2.24) is 15.1 Å². The van der Waals surface area contributed by atoms with E-state index >= 15 is 0 Å². The van der Waals surface area contributed by atoms with Gasteiger partial charge >= 0.3 is 12.1 Å². The summed E-state index contributed by atoms with van der Waals surface area (Å²) in [6.07, 6.45) is -3.42. The van der Waals surface area contributed by atoms with Gasteiger partial charge in [0.25, 0.3) is 0 Å². The molecule has 108 valence electrons. The van der Waals surface area contributed by atoms with Crippen molar-refractivity contribution in [2.45, 2.75) is 30.3 Å². The van der Waals surface area contributed by atoms with E-state index in [2.05, 4.69) is 19.6 Å². The zero-order valence-corrected chi connectivity index (χ0v) is 11.3. The Hall–Kier alpha value is -1.61. The number of pyridine rings is 1. The van der Waals surface area contributed by atoms with Gasteiger partial charge in [-0.1, -0.05) is 5.16 Å². The van der Waals surface area contributed by atoms with Crippen LogP contribution in [0.15, 0.2) is 27.9 Å². The Labute approximate surface area is 115 Å². The van der Waals surface area contributed by atoms with Crippen LogP contribution in [0.5, 0.6) is 0 Å². The number of aromatic nitrogens is 3. The predicted octanol–water partition coefficient (Wildman–Crippen LogP) is 2.67. The SMILES string of the molecule is CC(C)[S+]([O-])c1ccc(-c2noc(C(F)(F)F)n2)cn1. The molecule has 0 aliphatic heterocycles. The molecule has 0 spiro atoms. The van der Waals surface area contributed by atoms with E-state index in [4.69, 9.17) is 0 Å². The summed E-state index contributed by atoms with van der Waals surface area (Å²) in [4.78, 5) is 7.19. The molecule has 0 N–H and O–H groups in total. The molecule has 1 atom stereocenters. The molecule has 0 radical (unpaired) electrons. The number of rotatable bonds is 3. The first-order chi connectivity index (χ1) is 9.29. The zero-order chi connectivity index (χ0) is 14.9. The molecule has 20 heavy (non-hydrogen) atoms. The lowest BCUT2D eigenvalue weighted by Gasteiger charge is -2.12. The van der Waals surface area contributed by atoms with Crippen LogP contribution in [0.25, 0.3) is 11.4 Å². The Kier molecular flexibility index (Phi) is 4.00. The summed E-state index contributed by atoms with van der Waals surface area (Å²) in [6, 6.07) is 2.92. The smallest absolute Gasteiger partial charge is 0.471 e. The second kappa shape index (κ2) is 5.41. The summed E-state index contributed by atoms with van der Waals surface area (Å²) in [6.45, 7) is 3.56. The van der Waals surface area contributed by atoms with Crippen molar-refractivity contribution in [2.24, 2.45) is 0 Å². The van der Waals surface area contributed by atoms with Crippen molar-refractivity contribution < 1.29 is 22.2 Å². The maximum Gasteiger partial charge on any atom is 0.471 e. The molecule has 0 amide bonds. The highest BCUT2D eigenvalue weighted by Crippen LogP contribution is 2.29. The van der Waals surface area contributed by atoms with Crippen molar-refractivity contribution in [3.63, 3.8) is 0 Å². The second-order valence-corrected chi connectivity index (χ2v) is 6.11. The van der Waals surface area contributed by atoms with Crippen LogP contribution in [0, 0.1) is 0 Å². The molecule has 2 heterocycles. The minimum Gasteiger partial charge on any atom is -0.610 e. The number of hydrogen-bond acceptors (Lipinski definition) is 5. The maximum absolute atomic E-state index is 12.3. The minimum atomic E-state index is -4.68. The molecule has 0 aliphatic rings. The molecule has 0 fully saturated rings. The lowest BCUT2D eigenvalue weighted by atomic mass is 10.3. The van der Waals surface area contributed by atoms with Gasteiger partial charge in [-0.2, -0.15) is 18.2 Å². The molecule has 0 bridgehead atoms. The largest absolute Gasteiger partial charge is 0.610 e. The van der Waals surface area contributed by atoms with Crippen LogP contribution < -0.4 is 0 Å². The van der Waals surface area contributed by atoms with Crippen LogP contribution in [-0.4, -0.2) is 24.9 Å². The van der Waals surface area contributed by atoms with Crippen LogP contribution in [0.3, 0.4) is 0 Å². The summed E-state index contributed by atoms with van der Waals surface area (Å²) in [5.74, 6) is -1.63. The molecule has 0 aromatic carbocycles. The van der Waals surface area contributed by atoms with E-state index in [1.54, 1.807) is 13.8 Å². The van der Waals surface area contributed by atoms with Crippen LogP contribution in [0.2, 0.25) is 0 Å². The molecule has 0 aliphatic carbocycles. The Bertz CT molecular complexity index is 583. The summed E-state index contributed by atoms with van der Waals surface area (Å²) >= 11 is -1.26. The van der Waals surface area contributed by atoms with Gasteiger partial charge in [-0.15, -0.1) is 0 Å². The highest BCUT2D eigenvalue weighted by atomic mass is 32.2. The number of alkyl halides is 3. The Morgan fingerprint density at radius 1 is 1.30 bits per heavy atom. The second-order valence-electron chi connectivity index (χ2n) is 4.15. The van der Waals surface area contributed by atoms with E-state index in [9.17, 15) is 17.7 Å². The average Bonchev–Trinajstić information content (AvgIpc) is 2.87. The van der Waals surface area contributed by atoms with Crippen LogP contribution >= 0.6 is 0 Å². The van der Waals surface area contributed by atoms with E-state index in [0.717, 1.165) is 0 Å². The van der Waals surface area contributed by atoms with Gasteiger partial charge in [0.15, 0.2) is 0 Å². The third kappa shape index (κ3) is 3.10. The standard InChI is InChI=1S/C11H10F3N3O2S/c1-6(2)20(18)8-4-3-7(5-15-8)9-16-10(19-17-9)11(12,13)14/h3-6H,1-2H3. The number of halogens is 3. The van der Waals surface area contributed by atoms with Gasteiger partial charge in [0.2, 0.25) is 10.9 Å². The third-order valence-electron chi connectivity index (χ3n) is 2.30. The van der Waals surface area contributed by atoms with Crippen molar-refractivity contribution in [3.05, 3.63) is 24.2 Å². The van der Waals surface area contributed by atoms with Gasteiger partial charge < -0.3 is 9.08 Å². The molecule has 0 saturated carbocycles. The van der Waals surface area contributed by atoms with Crippen LogP contribution in [0.4, 0.5) is 13.2 Å². The molecule has 2 aromatic heterocycles. The first-order valence-electron chi connectivity index (χ1n) is 5.57. The summed E-state index contributed by atoms with van der Waals surface area (Å²) in [5, 5.41) is 3.49. The molecule has 5 nitrogen and oxygen atoms in total. The lowest BCUT2D eigenvalue weighted by Crippen LogP contribution is -2.15. The molecule has 2 rings (SSSR count). The van der Waals surface area contributed by atoms with E-state index in [1.165, 1.54) is 18.3 Å². The zero-order valence-electron chi connectivity index (χ0n) is 10.5. The highest BCUT2D eigenvalue weighted by molar-refractivity contribution is 7.91. The number of hydrogen-bond donors (Lipinski definition) is 0. The van der Waals surface area contributed by atoms with Crippen LogP contribution in [-0.2, 0) is 17.4 Å². The third-order valence-corrected chi connectivity index (χ3v) is 3.81. The molecular weight excluding hydrogens is 295 g/mol. The normalized spacial score (nSPS) is 13.8. The van der Waals surface area contributed by atoms with Gasteiger partial charge in [-0.3, -0.25) is 0 Å². The van der Waals surface area contributed by atoms with E-state index in [1.807, 2.05) is 0 Å². The minimum absolute atomic E-state index is 0.102. The fourth-order valence-electron chi connectivity index (χ4n) is 1.33. The van der Waals surface area contributed by atoms with Gasteiger partial charge in [-0.25, -0.2) is 4.98 Å². The van der Waals surface area contributed by atoms with Gasteiger partial charge in [0.1, 0.15) is 5.25 Å². The summed E-state index contributed by atoms with van der Waals surface area (Å²) in [7, 11) is 0. The molecule has 1 unspecified atom stereocenters. The molecule has 9 heteroatoms. The fraction of sp³-hybridized carbons (Fsp3) is 0.364. The Balaban J connectivity index is 2.24. The number of nitrogens with zero attached hydrogens (tertiary/aromatic N) is 3. The maximum atomic E-state index is 12.3. The van der Waals surface area contributed by atoms with Gasteiger partial charge in [0, 0.05) is 29.0 Å². The van der Waals surface area contributed by atoms with E-state index < -0.39 is 23.2 Å². The Morgan fingerprint density at radius 2 is 2.00 bits per heavy atom. The first kappa shape index (κ1) is 14.8.